The first kappa shape index (κ1) is 11.4. The number of rotatable bonds is 3. The summed E-state index contributed by atoms with van der Waals surface area (Å²) in [6, 6.07) is 11.6. The van der Waals surface area contributed by atoms with Crippen LogP contribution >= 0.6 is 27.5 Å². The molecule has 0 atom stereocenters. The third kappa shape index (κ3) is 3.22. The van der Waals surface area contributed by atoms with Gasteiger partial charge in [0.15, 0.2) is 0 Å². The average molecular weight is 298 g/mol. The van der Waals surface area contributed by atoms with Crippen LogP contribution in [0.1, 0.15) is 5.69 Å². The molecule has 0 unspecified atom stereocenters. The molecule has 0 spiro atoms. The van der Waals surface area contributed by atoms with Gasteiger partial charge in [-0.25, -0.2) is 0 Å². The highest BCUT2D eigenvalue weighted by atomic mass is 79.9. The third-order valence-corrected chi connectivity index (χ3v) is 2.79. The number of hydrogen-bond acceptors (Lipinski definition) is 2. The molecule has 0 saturated heterocycles. The lowest BCUT2D eigenvalue weighted by Crippen LogP contribution is -2.00. The monoisotopic (exact) mass is 296 g/mol. The first-order valence-electron chi connectivity index (χ1n) is 4.84. The topological polar surface area (TPSA) is 24.9 Å². The van der Waals surface area contributed by atoms with E-state index in [1.807, 2.05) is 36.4 Å². The minimum absolute atomic E-state index is 0.688. The SMILES string of the molecule is Clc1cccc(NCc2ccc(Br)cn2)c1. The Morgan fingerprint density at radius 1 is 1.25 bits per heavy atom. The van der Waals surface area contributed by atoms with Crippen LogP contribution in [0.25, 0.3) is 0 Å². The van der Waals surface area contributed by atoms with Gasteiger partial charge < -0.3 is 5.32 Å². The highest BCUT2D eigenvalue weighted by Crippen LogP contribution is 2.15. The molecule has 16 heavy (non-hydrogen) atoms. The van der Waals surface area contributed by atoms with Crippen LogP contribution in [0.4, 0.5) is 5.69 Å². The first-order chi connectivity index (χ1) is 7.74. The molecule has 0 radical (unpaired) electrons. The Bertz CT molecular complexity index is 471. The van der Waals surface area contributed by atoms with Crippen LogP contribution in [0.3, 0.4) is 0 Å². The second kappa shape index (κ2) is 5.32. The Labute approximate surface area is 108 Å². The minimum Gasteiger partial charge on any atom is -0.379 e. The summed E-state index contributed by atoms with van der Waals surface area (Å²) >= 11 is 9.24. The number of nitrogens with one attached hydrogen (secondary N) is 1. The third-order valence-electron chi connectivity index (χ3n) is 2.09. The zero-order valence-corrected chi connectivity index (χ0v) is 10.8. The summed E-state index contributed by atoms with van der Waals surface area (Å²) in [6.45, 7) is 0.688. The molecule has 82 valence electrons. The highest BCUT2D eigenvalue weighted by Gasteiger charge is 1.96. The van der Waals surface area contributed by atoms with Crippen molar-refractivity contribution in [3.63, 3.8) is 0 Å². The van der Waals surface area contributed by atoms with Gasteiger partial charge in [-0.2, -0.15) is 0 Å². The van der Waals surface area contributed by atoms with Gasteiger partial charge in [0.05, 0.1) is 12.2 Å². The maximum atomic E-state index is 5.89. The fraction of sp³-hybridized carbons (Fsp3) is 0.0833. The number of hydrogen-bond donors (Lipinski definition) is 1. The van der Waals surface area contributed by atoms with Gasteiger partial charge in [-0.15, -0.1) is 0 Å². The number of nitrogens with zero attached hydrogens (tertiary/aromatic N) is 1. The van der Waals surface area contributed by atoms with Gasteiger partial charge in [0, 0.05) is 21.4 Å². The van der Waals surface area contributed by atoms with E-state index in [1.54, 1.807) is 6.20 Å². The second-order valence-corrected chi connectivity index (χ2v) is 4.68. The molecule has 2 nitrogen and oxygen atoms in total. The standard InChI is InChI=1S/C12H10BrClN2/c13-9-4-5-12(15-7-9)8-16-11-3-1-2-10(14)6-11/h1-7,16H,8H2. The normalized spacial score (nSPS) is 10.1. The van der Waals surface area contributed by atoms with Crippen molar-refractivity contribution >= 4 is 33.2 Å². The molecule has 1 N–H and O–H groups in total. The van der Waals surface area contributed by atoms with Gasteiger partial charge in [0.1, 0.15) is 0 Å². The van der Waals surface area contributed by atoms with Crippen LogP contribution < -0.4 is 5.32 Å². The second-order valence-electron chi connectivity index (χ2n) is 3.33. The van der Waals surface area contributed by atoms with E-state index in [4.69, 9.17) is 11.6 Å². The lowest BCUT2D eigenvalue weighted by atomic mass is 10.3. The van der Waals surface area contributed by atoms with Crippen molar-refractivity contribution < 1.29 is 0 Å². The first-order valence-corrected chi connectivity index (χ1v) is 6.01. The van der Waals surface area contributed by atoms with Crippen molar-refractivity contribution in [1.29, 1.82) is 0 Å². The summed E-state index contributed by atoms with van der Waals surface area (Å²) < 4.78 is 0.985. The van der Waals surface area contributed by atoms with Gasteiger partial charge >= 0.3 is 0 Å². The number of anilines is 1. The lowest BCUT2D eigenvalue weighted by Gasteiger charge is -2.06. The van der Waals surface area contributed by atoms with E-state index in [1.165, 1.54) is 0 Å². The molecule has 1 aromatic carbocycles. The van der Waals surface area contributed by atoms with Crippen LogP contribution in [0.5, 0.6) is 0 Å². The number of benzene rings is 1. The highest BCUT2D eigenvalue weighted by molar-refractivity contribution is 9.10. The van der Waals surface area contributed by atoms with Gasteiger partial charge in [-0.3, -0.25) is 4.98 Å². The predicted molar refractivity (Wildman–Crippen MR) is 70.7 cm³/mol. The molecule has 0 aliphatic heterocycles. The Hall–Kier alpha value is -1.06. The molecule has 0 saturated carbocycles. The maximum Gasteiger partial charge on any atom is 0.0595 e. The smallest absolute Gasteiger partial charge is 0.0595 e. The molecule has 2 aromatic rings. The zero-order valence-electron chi connectivity index (χ0n) is 8.45. The zero-order chi connectivity index (χ0) is 11.4. The summed E-state index contributed by atoms with van der Waals surface area (Å²) in [5, 5.41) is 3.99. The summed E-state index contributed by atoms with van der Waals surface area (Å²) in [6.07, 6.45) is 1.79. The Balaban J connectivity index is 1.99. The molecular formula is C12H10BrClN2. The fourth-order valence-electron chi connectivity index (χ4n) is 1.30. The number of aromatic nitrogens is 1. The summed E-state index contributed by atoms with van der Waals surface area (Å²) in [7, 11) is 0. The van der Waals surface area contributed by atoms with Crippen LogP contribution in [-0.2, 0) is 6.54 Å². The number of halogens is 2. The van der Waals surface area contributed by atoms with E-state index in [2.05, 4.69) is 26.2 Å². The molecular weight excluding hydrogens is 288 g/mol. The van der Waals surface area contributed by atoms with Crippen molar-refractivity contribution in [2.75, 3.05) is 5.32 Å². The van der Waals surface area contributed by atoms with E-state index >= 15 is 0 Å². The van der Waals surface area contributed by atoms with Crippen molar-refractivity contribution in [2.45, 2.75) is 6.54 Å². The van der Waals surface area contributed by atoms with E-state index in [9.17, 15) is 0 Å². The van der Waals surface area contributed by atoms with E-state index in [0.29, 0.717) is 6.54 Å². The molecule has 0 fully saturated rings. The molecule has 0 amide bonds. The molecule has 0 aliphatic rings. The van der Waals surface area contributed by atoms with Crippen LogP contribution in [0, 0.1) is 0 Å². The van der Waals surface area contributed by atoms with E-state index in [-0.39, 0.29) is 0 Å². The van der Waals surface area contributed by atoms with Crippen molar-refractivity contribution in [3.8, 4) is 0 Å². The quantitative estimate of drug-likeness (QED) is 0.922. The van der Waals surface area contributed by atoms with Gasteiger partial charge in [0.2, 0.25) is 0 Å². The molecule has 4 heteroatoms. The minimum atomic E-state index is 0.688. The average Bonchev–Trinajstić information content (AvgIpc) is 2.28. The van der Waals surface area contributed by atoms with E-state index < -0.39 is 0 Å². The maximum absolute atomic E-state index is 5.89. The largest absolute Gasteiger partial charge is 0.379 e. The lowest BCUT2D eigenvalue weighted by molar-refractivity contribution is 1.04. The van der Waals surface area contributed by atoms with E-state index in [0.717, 1.165) is 20.9 Å². The molecule has 0 aliphatic carbocycles. The summed E-state index contributed by atoms with van der Waals surface area (Å²) in [5.74, 6) is 0. The Morgan fingerprint density at radius 2 is 2.12 bits per heavy atom. The van der Waals surface area contributed by atoms with Crippen LogP contribution in [0.15, 0.2) is 47.1 Å². The van der Waals surface area contributed by atoms with Crippen LogP contribution in [-0.4, -0.2) is 4.98 Å². The summed E-state index contributed by atoms with van der Waals surface area (Å²) in [5.41, 5.74) is 1.99. The number of pyridine rings is 1. The molecule has 1 heterocycles. The predicted octanol–water partition coefficient (Wildman–Crippen LogP) is 4.11. The van der Waals surface area contributed by atoms with Crippen molar-refractivity contribution in [3.05, 3.63) is 57.8 Å². The van der Waals surface area contributed by atoms with Crippen LogP contribution in [0.2, 0.25) is 5.02 Å². The molecule has 1 aromatic heterocycles. The van der Waals surface area contributed by atoms with Crippen molar-refractivity contribution in [2.24, 2.45) is 0 Å². The molecule has 2 rings (SSSR count). The van der Waals surface area contributed by atoms with Gasteiger partial charge in [-0.1, -0.05) is 17.7 Å². The van der Waals surface area contributed by atoms with Crippen molar-refractivity contribution in [1.82, 2.24) is 4.98 Å². The Kier molecular flexibility index (Phi) is 3.80. The van der Waals surface area contributed by atoms with Gasteiger partial charge in [-0.05, 0) is 46.3 Å². The summed E-state index contributed by atoms with van der Waals surface area (Å²) in [4.78, 5) is 4.27. The fourth-order valence-corrected chi connectivity index (χ4v) is 1.73. The molecule has 0 bridgehead atoms. The van der Waals surface area contributed by atoms with Gasteiger partial charge in [0.25, 0.3) is 0 Å². The Morgan fingerprint density at radius 3 is 2.81 bits per heavy atom.